The van der Waals surface area contributed by atoms with Gasteiger partial charge >= 0.3 is 0 Å². The quantitative estimate of drug-likeness (QED) is 0.563. The van der Waals surface area contributed by atoms with Crippen LogP contribution in [0.2, 0.25) is 5.02 Å². The lowest BCUT2D eigenvalue weighted by Crippen LogP contribution is -2.33. The molecule has 1 aromatic heterocycles. The molecule has 0 bridgehead atoms. The lowest BCUT2D eigenvalue weighted by Gasteiger charge is -2.25. The van der Waals surface area contributed by atoms with Crippen molar-refractivity contribution in [3.63, 3.8) is 0 Å². The Balaban J connectivity index is 2.08. The van der Waals surface area contributed by atoms with Gasteiger partial charge in [-0.05, 0) is 48.7 Å². The first-order chi connectivity index (χ1) is 15.3. The van der Waals surface area contributed by atoms with E-state index < -0.39 is 45.5 Å². The molecule has 2 aromatic carbocycles. The summed E-state index contributed by atoms with van der Waals surface area (Å²) in [6.07, 6.45) is 0. The lowest BCUT2D eigenvalue weighted by atomic mass is 9.88. The number of methoxy groups -OCH3 is 1. The number of aryl methyl sites for hydroxylation is 1. The zero-order chi connectivity index (χ0) is 24.6. The van der Waals surface area contributed by atoms with Gasteiger partial charge in [0.2, 0.25) is 10.0 Å². The maximum absolute atomic E-state index is 14.8. The first kappa shape index (κ1) is 18.2. The first-order valence-corrected chi connectivity index (χ1v) is 10.7. The van der Waals surface area contributed by atoms with Gasteiger partial charge < -0.3 is 4.74 Å². The molecule has 1 heterocycles. The van der Waals surface area contributed by atoms with Crippen LogP contribution in [0.1, 0.15) is 45.5 Å². The largest absolute Gasteiger partial charge is 0.495 e. The highest BCUT2D eigenvalue weighted by Crippen LogP contribution is 2.36. The molecule has 3 rings (SSSR count). The summed E-state index contributed by atoms with van der Waals surface area (Å²) in [5.41, 5.74) is 1.75. The van der Waals surface area contributed by atoms with Gasteiger partial charge in [0.25, 0.3) is 0 Å². The molecule has 0 saturated carbocycles. The standard InChI is InChI=1S/C19H21ClFN5O3S/c1-10-5-7-14(21)17(11(10)2)12(3)18(19-22-25-26-23-19)24-30(27,28)16-8-6-13(20)9-15(16)29-4/h5-9,12,18,24H,1-4H3,(H,22,23,25,26)/t12-,18+/m1/s1/i4D3. The van der Waals surface area contributed by atoms with Gasteiger partial charge in [-0.1, -0.05) is 29.8 Å². The van der Waals surface area contributed by atoms with Crippen molar-refractivity contribution < 1.29 is 21.7 Å². The molecule has 30 heavy (non-hydrogen) atoms. The van der Waals surface area contributed by atoms with E-state index in [1.165, 1.54) is 12.1 Å². The third-order valence-corrected chi connectivity index (χ3v) is 6.63. The fraction of sp³-hybridized carbons (Fsp3) is 0.316. The van der Waals surface area contributed by atoms with Crippen LogP contribution in [0, 0.1) is 19.7 Å². The smallest absolute Gasteiger partial charge is 0.244 e. The van der Waals surface area contributed by atoms with Crippen molar-refractivity contribution in [1.82, 2.24) is 25.3 Å². The predicted octanol–water partition coefficient (Wildman–Crippen LogP) is 3.44. The van der Waals surface area contributed by atoms with Crippen LogP contribution in [0.4, 0.5) is 4.39 Å². The molecule has 0 unspecified atom stereocenters. The van der Waals surface area contributed by atoms with Crippen LogP contribution in [0.5, 0.6) is 5.75 Å². The monoisotopic (exact) mass is 456 g/mol. The van der Waals surface area contributed by atoms with E-state index in [2.05, 4.69) is 25.3 Å². The Morgan fingerprint density at radius 1 is 1.30 bits per heavy atom. The zero-order valence-corrected chi connectivity index (χ0v) is 17.8. The van der Waals surface area contributed by atoms with Crippen LogP contribution in [0.25, 0.3) is 0 Å². The number of rotatable bonds is 7. The summed E-state index contributed by atoms with van der Waals surface area (Å²) in [7, 11) is -7.34. The molecule has 0 radical (unpaired) electrons. The maximum atomic E-state index is 14.8. The number of ether oxygens (including phenoxy) is 1. The van der Waals surface area contributed by atoms with Crippen molar-refractivity contribution in [3.8, 4) is 5.75 Å². The molecule has 160 valence electrons. The van der Waals surface area contributed by atoms with Crippen LogP contribution >= 0.6 is 11.6 Å². The molecule has 8 nitrogen and oxygen atoms in total. The Morgan fingerprint density at radius 3 is 2.73 bits per heavy atom. The second kappa shape index (κ2) is 8.66. The van der Waals surface area contributed by atoms with Crippen LogP contribution in [-0.4, -0.2) is 36.1 Å². The molecule has 0 fully saturated rings. The average Bonchev–Trinajstić information content (AvgIpc) is 3.22. The van der Waals surface area contributed by atoms with Crippen molar-refractivity contribution in [1.29, 1.82) is 0 Å². The minimum Gasteiger partial charge on any atom is -0.495 e. The van der Waals surface area contributed by atoms with E-state index in [-0.39, 0.29) is 16.4 Å². The van der Waals surface area contributed by atoms with Crippen molar-refractivity contribution in [3.05, 3.63) is 63.7 Å². The minimum absolute atomic E-state index is 0.0290. The van der Waals surface area contributed by atoms with Gasteiger partial charge in [0.05, 0.1) is 17.2 Å². The molecular weight excluding hydrogens is 433 g/mol. The second-order valence-electron chi connectivity index (χ2n) is 6.75. The highest BCUT2D eigenvalue weighted by atomic mass is 35.5. The van der Waals surface area contributed by atoms with Gasteiger partial charge in [-0.3, -0.25) is 0 Å². The van der Waals surface area contributed by atoms with Crippen LogP contribution in [-0.2, 0) is 10.0 Å². The number of hydrogen-bond donors (Lipinski definition) is 2. The van der Waals surface area contributed by atoms with Crippen molar-refractivity contribution in [2.75, 3.05) is 7.04 Å². The van der Waals surface area contributed by atoms with Crippen LogP contribution in [0.15, 0.2) is 35.2 Å². The summed E-state index contributed by atoms with van der Waals surface area (Å²) in [6, 6.07) is 5.25. The normalized spacial score (nSPS) is 15.7. The first-order valence-electron chi connectivity index (χ1n) is 10.3. The van der Waals surface area contributed by atoms with Crippen molar-refractivity contribution >= 4 is 21.6 Å². The van der Waals surface area contributed by atoms with E-state index in [1.54, 1.807) is 19.9 Å². The molecular formula is C19H21ClFN5O3S. The molecule has 0 amide bonds. The summed E-state index contributed by atoms with van der Waals surface area (Å²) in [5, 5.41) is 13.6. The SMILES string of the molecule is [2H]C([2H])([2H])Oc1cc(Cl)ccc1S(=O)(=O)N[C@H](c1nn[nH]n1)[C@H](C)c1c(F)ccc(C)c1C. The Hall–Kier alpha value is -2.56. The average molecular weight is 457 g/mol. The number of aromatic amines is 1. The van der Waals surface area contributed by atoms with Gasteiger partial charge in [0.15, 0.2) is 5.82 Å². The highest BCUT2D eigenvalue weighted by Gasteiger charge is 2.33. The Kier molecular flexibility index (Phi) is 5.26. The van der Waals surface area contributed by atoms with E-state index in [0.29, 0.717) is 5.56 Å². The van der Waals surface area contributed by atoms with E-state index >= 15 is 0 Å². The molecule has 0 aliphatic rings. The maximum Gasteiger partial charge on any atom is 0.244 e. The van der Waals surface area contributed by atoms with Crippen molar-refractivity contribution in [2.45, 2.75) is 37.6 Å². The number of H-pyrrole nitrogens is 1. The summed E-state index contributed by atoms with van der Waals surface area (Å²) >= 11 is 5.91. The third kappa shape index (κ3) is 4.30. The molecule has 11 heteroatoms. The van der Waals surface area contributed by atoms with Crippen LogP contribution in [0.3, 0.4) is 0 Å². The molecule has 0 aliphatic heterocycles. The summed E-state index contributed by atoms with van der Waals surface area (Å²) in [6.45, 7) is 5.16. The third-order valence-electron chi connectivity index (χ3n) is 4.92. The van der Waals surface area contributed by atoms with Gasteiger partial charge in [-0.2, -0.15) is 9.94 Å². The summed E-state index contributed by atoms with van der Waals surface area (Å²) < 4.78 is 70.7. The van der Waals surface area contributed by atoms with Crippen molar-refractivity contribution in [2.24, 2.45) is 0 Å². The molecule has 0 saturated heterocycles. The summed E-state index contributed by atoms with van der Waals surface area (Å²) in [4.78, 5) is -0.467. The Bertz CT molecular complexity index is 1260. The highest BCUT2D eigenvalue weighted by molar-refractivity contribution is 7.89. The molecule has 3 aromatic rings. The number of hydrogen-bond acceptors (Lipinski definition) is 6. The molecule has 0 spiro atoms. The molecule has 2 N–H and O–H groups in total. The number of halogens is 2. The Morgan fingerprint density at radius 2 is 2.07 bits per heavy atom. The number of tetrazole rings is 1. The number of aromatic nitrogens is 4. The Labute approximate surface area is 183 Å². The number of nitrogens with one attached hydrogen (secondary N) is 2. The zero-order valence-electron chi connectivity index (χ0n) is 19.3. The number of sulfonamides is 1. The fourth-order valence-electron chi connectivity index (χ4n) is 3.22. The minimum atomic E-state index is -4.42. The topological polar surface area (TPSA) is 110 Å². The number of benzene rings is 2. The molecule has 0 aliphatic carbocycles. The lowest BCUT2D eigenvalue weighted by molar-refractivity contribution is 0.401. The van der Waals surface area contributed by atoms with Crippen LogP contribution < -0.4 is 9.46 Å². The van der Waals surface area contributed by atoms with E-state index in [9.17, 15) is 12.8 Å². The van der Waals surface area contributed by atoms with E-state index in [4.69, 9.17) is 20.5 Å². The van der Waals surface area contributed by atoms with Gasteiger partial charge in [-0.25, -0.2) is 12.8 Å². The predicted molar refractivity (Wildman–Crippen MR) is 110 cm³/mol. The van der Waals surface area contributed by atoms with E-state index in [0.717, 1.165) is 17.7 Å². The molecule has 2 atom stereocenters. The number of nitrogens with zero attached hydrogens (tertiary/aromatic N) is 3. The summed E-state index contributed by atoms with van der Waals surface area (Å²) in [5.74, 6) is -1.78. The van der Waals surface area contributed by atoms with Gasteiger partial charge in [-0.15, -0.1) is 10.2 Å². The van der Waals surface area contributed by atoms with Gasteiger partial charge in [0.1, 0.15) is 16.5 Å². The second-order valence-corrected chi connectivity index (χ2v) is 8.87. The fourth-order valence-corrected chi connectivity index (χ4v) is 4.77. The van der Waals surface area contributed by atoms with E-state index in [1.807, 2.05) is 6.92 Å². The van der Waals surface area contributed by atoms with Gasteiger partial charge in [0, 0.05) is 17.0 Å².